The van der Waals surface area contributed by atoms with Crippen LogP contribution in [-0.2, 0) is 11.4 Å². The van der Waals surface area contributed by atoms with Crippen molar-refractivity contribution in [2.24, 2.45) is 5.92 Å². The molecule has 4 rings (SSSR count). The minimum Gasteiger partial charge on any atom is -0.486 e. The van der Waals surface area contributed by atoms with Crippen LogP contribution in [0.25, 0.3) is 0 Å². The highest BCUT2D eigenvalue weighted by Gasteiger charge is 2.28. The van der Waals surface area contributed by atoms with E-state index in [4.69, 9.17) is 9.15 Å². The van der Waals surface area contributed by atoms with Gasteiger partial charge in [0.15, 0.2) is 5.76 Å². The summed E-state index contributed by atoms with van der Waals surface area (Å²) in [5.41, 5.74) is 0. The maximum atomic E-state index is 12.9. The highest BCUT2D eigenvalue weighted by atomic mass is 19.1. The molecule has 6 nitrogen and oxygen atoms in total. The highest BCUT2D eigenvalue weighted by molar-refractivity contribution is 5.91. The fraction of sp³-hybridized carbons (Fsp3) is 0.478. The van der Waals surface area contributed by atoms with Gasteiger partial charge in [0.05, 0.1) is 0 Å². The van der Waals surface area contributed by atoms with E-state index in [0.717, 1.165) is 38.8 Å². The lowest BCUT2D eigenvalue weighted by Crippen LogP contribution is -2.44. The molecule has 2 amide bonds. The van der Waals surface area contributed by atoms with E-state index in [9.17, 15) is 14.0 Å². The van der Waals surface area contributed by atoms with Crippen LogP contribution in [0, 0.1) is 11.7 Å². The molecule has 0 spiro atoms. The molecule has 30 heavy (non-hydrogen) atoms. The van der Waals surface area contributed by atoms with E-state index in [0.29, 0.717) is 42.7 Å². The zero-order valence-electron chi connectivity index (χ0n) is 17.0. The molecule has 0 N–H and O–H groups in total. The minimum atomic E-state index is -0.320. The van der Waals surface area contributed by atoms with Gasteiger partial charge in [0.1, 0.15) is 23.9 Å². The maximum absolute atomic E-state index is 12.9. The predicted octanol–water partition coefficient (Wildman–Crippen LogP) is 3.86. The number of piperidine rings is 2. The van der Waals surface area contributed by atoms with Gasteiger partial charge in [0.2, 0.25) is 5.91 Å². The van der Waals surface area contributed by atoms with E-state index in [1.807, 2.05) is 9.80 Å². The number of rotatable bonds is 6. The van der Waals surface area contributed by atoms with Crippen molar-refractivity contribution < 1.29 is 23.1 Å². The Morgan fingerprint density at radius 2 is 1.83 bits per heavy atom. The van der Waals surface area contributed by atoms with E-state index in [-0.39, 0.29) is 24.2 Å². The SMILES string of the molecule is O=C1CCCCN1CC1CCN(C(=O)c2ccc(COc3ccc(F)cc3)o2)CC1. The third kappa shape index (κ3) is 5.01. The van der Waals surface area contributed by atoms with Gasteiger partial charge in [-0.15, -0.1) is 0 Å². The first-order valence-electron chi connectivity index (χ1n) is 10.6. The Morgan fingerprint density at radius 3 is 2.57 bits per heavy atom. The van der Waals surface area contributed by atoms with Gasteiger partial charge < -0.3 is 19.0 Å². The van der Waals surface area contributed by atoms with Crippen molar-refractivity contribution in [1.82, 2.24) is 9.80 Å². The number of furan rings is 1. The van der Waals surface area contributed by atoms with Crippen LogP contribution >= 0.6 is 0 Å². The fourth-order valence-corrected chi connectivity index (χ4v) is 4.10. The minimum absolute atomic E-state index is 0.115. The topological polar surface area (TPSA) is 63.0 Å². The lowest BCUT2D eigenvalue weighted by Gasteiger charge is -2.35. The van der Waals surface area contributed by atoms with Crippen molar-refractivity contribution in [2.75, 3.05) is 26.2 Å². The third-order valence-electron chi connectivity index (χ3n) is 5.87. The average molecular weight is 414 g/mol. The van der Waals surface area contributed by atoms with Gasteiger partial charge in [-0.1, -0.05) is 0 Å². The summed E-state index contributed by atoms with van der Waals surface area (Å²) in [5.74, 6) is 1.67. The average Bonchev–Trinajstić information content (AvgIpc) is 3.24. The number of likely N-dealkylation sites (tertiary alicyclic amines) is 2. The summed E-state index contributed by atoms with van der Waals surface area (Å²) in [6.07, 6.45) is 4.56. The first-order chi connectivity index (χ1) is 14.6. The molecule has 0 radical (unpaired) electrons. The van der Waals surface area contributed by atoms with Crippen LogP contribution in [0.1, 0.15) is 48.4 Å². The van der Waals surface area contributed by atoms with E-state index < -0.39 is 0 Å². The van der Waals surface area contributed by atoms with Gasteiger partial charge in [-0.25, -0.2) is 4.39 Å². The number of carbonyl (C=O) groups excluding carboxylic acids is 2. The summed E-state index contributed by atoms with van der Waals surface area (Å²) >= 11 is 0. The van der Waals surface area contributed by atoms with Gasteiger partial charge in [-0.05, 0) is 68.0 Å². The van der Waals surface area contributed by atoms with Crippen LogP contribution in [0.2, 0.25) is 0 Å². The molecule has 1 aromatic heterocycles. The van der Waals surface area contributed by atoms with Crippen LogP contribution in [0.15, 0.2) is 40.8 Å². The molecule has 3 heterocycles. The second kappa shape index (κ2) is 9.32. The summed E-state index contributed by atoms with van der Waals surface area (Å²) in [6, 6.07) is 9.15. The molecule has 0 aliphatic carbocycles. The number of hydrogen-bond donors (Lipinski definition) is 0. The second-order valence-corrected chi connectivity index (χ2v) is 8.04. The molecule has 2 aliphatic rings. The maximum Gasteiger partial charge on any atom is 0.289 e. The van der Waals surface area contributed by atoms with Gasteiger partial charge in [0, 0.05) is 32.6 Å². The van der Waals surface area contributed by atoms with E-state index in [2.05, 4.69) is 0 Å². The summed E-state index contributed by atoms with van der Waals surface area (Å²) in [6.45, 7) is 3.20. The largest absolute Gasteiger partial charge is 0.486 e. The molecular weight excluding hydrogens is 387 g/mol. The summed E-state index contributed by atoms with van der Waals surface area (Å²) in [7, 11) is 0. The van der Waals surface area contributed by atoms with Gasteiger partial charge in [-0.2, -0.15) is 0 Å². The zero-order valence-corrected chi connectivity index (χ0v) is 17.0. The molecule has 2 aliphatic heterocycles. The molecule has 160 valence electrons. The molecule has 2 aromatic rings. The fourth-order valence-electron chi connectivity index (χ4n) is 4.10. The van der Waals surface area contributed by atoms with Crippen molar-refractivity contribution in [3.8, 4) is 5.75 Å². The Labute approximate surface area is 175 Å². The van der Waals surface area contributed by atoms with Crippen molar-refractivity contribution in [1.29, 1.82) is 0 Å². The summed E-state index contributed by atoms with van der Waals surface area (Å²) in [4.78, 5) is 28.6. The first kappa shape index (κ1) is 20.4. The Bertz CT molecular complexity index is 872. The molecular formula is C23H27FN2O4. The molecule has 1 aromatic carbocycles. The number of benzene rings is 1. The first-order valence-corrected chi connectivity index (χ1v) is 10.6. The van der Waals surface area contributed by atoms with Crippen molar-refractivity contribution in [2.45, 2.75) is 38.7 Å². The van der Waals surface area contributed by atoms with Gasteiger partial charge >= 0.3 is 0 Å². The number of ether oxygens (including phenoxy) is 1. The Morgan fingerprint density at radius 1 is 1.07 bits per heavy atom. The predicted molar refractivity (Wildman–Crippen MR) is 108 cm³/mol. The Kier molecular flexibility index (Phi) is 6.35. The number of hydrogen-bond acceptors (Lipinski definition) is 4. The number of halogens is 1. The molecule has 2 fully saturated rings. The normalized spacial score (nSPS) is 18.0. The lowest BCUT2D eigenvalue weighted by atomic mass is 9.95. The van der Waals surface area contributed by atoms with Crippen LogP contribution in [-0.4, -0.2) is 47.8 Å². The monoisotopic (exact) mass is 414 g/mol. The summed E-state index contributed by atoms with van der Waals surface area (Å²) in [5, 5.41) is 0. The van der Waals surface area contributed by atoms with Crippen LogP contribution < -0.4 is 4.74 Å². The van der Waals surface area contributed by atoms with Crippen molar-refractivity contribution in [3.05, 3.63) is 53.7 Å². The second-order valence-electron chi connectivity index (χ2n) is 8.04. The van der Waals surface area contributed by atoms with Crippen LogP contribution in [0.5, 0.6) is 5.75 Å². The molecule has 0 saturated carbocycles. The lowest BCUT2D eigenvalue weighted by molar-refractivity contribution is -0.134. The summed E-state index contributed by atoms with van der Waals surface area (Å²) < 4.78 is 24.2. The van der Waals surface area contributed by atoms with Gasteiger partial charge in [-0.3, -0.25) is 9.59 Å². The number of carbonyl (C=O) groups is 2. The molecule has 7 heteroatoms. The standard InChI is InChI=1S/C23H27FN2O4/c24-18-4-6-19(7-5-18)29-16-20-8-9-21(30-20)23(28)25-13-10-17(11-14-25)15-26-12-2-1-3-22(26)27/h4-9,17H,1-3,10-16H2. The van der Waals surface area contributed by atoms with Gasteiger partial charge in [0.25, 0.3) is 5.91 Å². The molecule has 0 atom stereocenters. The smallest absolute Gasteiger partial charge is 0.289 e. The van der Waals surface area contributed by atoms with E-state index >= 15 is 0 Å². The number of amides is 2. The Balaban J connectivity index is 1.25. The highest BCUT2D eigenvalue weighted by Crippen LogP contribution is 2.23. The molecule has 0 unspecified atom stereocenters. The van der Waals surface area contributed by atoms with Crippen molar-refractivity contribution >= 4 is 11.8 Å². The van der Waals surface area contributed by atoms with Crippen LogP contribution in [0.3, 0.4) is 0 Å². The quantitative estimate of drug-likeness (QED) is 0.720. The van der Waals surface area contributed by atoms with Crippen LogP contribution in [0.4, 0.5) is 4.39 Å². The Hall–Kier alpha value is -2.83. The molecule has 0 bridgehead atoms. The zero-order chi connectivity index (χ0) is 20.9. The molecule has 2 saturated heterocycles. The number of nitrogens with zero attached hydrogens (tertiary/aromatic N) is 2. The van der Waals surface area contributed by atoms with Crippen molar-refractivity contribution in [3.63, 3.8) is 0 Å². The third-order valence-corrected chi connectivity index (χ3v) is 5.87. The van der Waals surface area contributed by atoms with E-state index in [1.54, 1.807) is 24.3 Å². The van der Waals surface area contributed by atoms with E-state index in [1.165, 1.54) is 12.1 Å².